The summed E-state index contributed by atoms with van der Waals surface area (Å²) >= 11 is 0. The Morgan fingerprint density at radius 2 is 2.20 bits per heavy atom. The van der Waals surface area contributed by atoms with Gasteiger partial charge >= 0.3 is 0 Å². The van der Waals surface area contributed by atoms with Crippen LogP contribution in [0.2, 0.25) is 0 Å². The summed E-state index contributed by atoms with van der Waals surface area (Å²) in [5.74, 6) is 1.15. The van der Waals surface area contributed by atoms with Crippen molar-refractivity contribution in [1.82, 2.24) is 4.90 Å². The van der Waals surface area contributed by atoms with Crippen LogP contribution in [-0.4, -0.2) is 11.4 Å². The molecule has 1 aromatic carbocycles. The molecule has 0 saturated carbocycles. The van der Waals surface area contributed by atoms with Crippen LogP contribution in [0, 0.1) is 0 Å². The van der Waals surface area contributed by atoms with Crippen LogP contribution in [0.3, 0.4) is 0 Å². The molecule has 2 heteroatoms. The van der Waals surface area contributed by atoms with Gasteiger partial charge in [-0.15, -0.1) is 0 Å². The van der Waals surface area contributed by atoms with Crippen LogP contribution in [0.4, 0.5) is 0 Å². The first kappa shape index (κ1) is 8.60. The molecule has 0 spiro atoms. The Morgan fingerprint density at radius 1 is 1.33 bits per heavy atom. The largest absolute Gasteiger partial charge is 0.461 e. The van der Waals surface area contributed by atoms with Crippen molar-refractivity contribution in [3.8, 4) is 0 Å². The molecule has 0 atom stereocenters. The van der Waals surface area contributed by atoms with E-state index in [2.05, 4.69) is 23.6 Å². The molecule has 0 amide bonds. The summed E-state index contributed by atoms with van der Waals surface area (Å²) in [5, 5.41) is 1.25. The first-order chi connectivity index (χ1) is 7.38. The van der Waals surface area contributed by atoms with E-state index in [9.17, 15) is 0 Å². The Bertz CT molecular complexity index is 512. The summed E-state index contributed by atoms with van der Waals surface area (Å²) in [6.07, 6.45) is 2.89. The lowest BCUT2D eigenvalue weighted by atomic mass is 10.1. The molecule has 1 aliphatic rings. The van der Waals surface area contributed by atoms with Gasteiger partial charge in [0.2, 0.25) is 0 Å². The van der Waals surface area contributed by atoms with Crippen LogP contribution >= 0.6 is 0 Å². The van der Waals surface area contributed by atoms with Crippen LogP contribution in [0.1, 0.15) is 11.3 Å². The molecule has 1 aromatic heterocycles. The van der Waals surface area contributed by atoms with Crippen LogP contribution in [0.25, 0.3) is 11.0 Å². The molecule has 0 N–H and O–H groups in total. The fraction of sp³-hybridized carbons (Fsp3) is 0.231. The number of rotatable bonds is 1. The zero-order valence-electron chi connectivity index (χ0n) is 8.57. The second-order valence-corrected chi connectivity index (χ2v) is 3.90. The average molecular weight is 199 g/mol. The van der Waals surface area contributed by atoms with E-state index in [0.29, 0.717) is 0 Å². The van der Waals surface area contributed by atoms with Gasteiger partial charge in [0.1, 0.15) is 11.3 Å². The van der Waals surface area contributed by atoms with Gasteiger partial charge < -0.3 is 9.32 Å². The lowest BCUT2D eigenvalue weighted by Gasteiger charge is -2.24. The van der Waals surface area contributed by atoms with E-state index in [1.165, 1.54) is 10.9 Å². The normalized spacial score (nSPS) is 15.3. The third-order valence-corrected chi connectivity index (χ3v) is 3.03. The van der Waals surface area contributed by atoms with Crippen molar-refractivity contribution in [2.24, 2.45) is 0 Å². The third-order valence-electron chi connectivity index (χ3n) is 3.03. The molecule has 15 heavy (non-hydrogen) atoms. The molecular weight excluding hydrogens is 186 g/mol. The maximum Gasteiger partial charge on any atom is 0.134 e. The van der Waals surface area contributed by atoms with Gasteiger partial charge in [-0.1, -0.05) is 24.8 Å². The van der Waals surface area contributed by atoms with Crippen molar-refractivity contribution < 1.29 is 4.42 Å². The minimum absolute atomic E-state index is 0.926. The molecule has 2 aromatic rings. The second-order valence-electron chi connectivity index (χ2n) is 3.90. The van der Waals surface area contributed by atoms with Gasteiger partial charge in [-0.3, -0.25) is 0 Å². The van der Waals surface area contributed by atoms with Crippen LogP contribution < -0.4 is 0 Å². The molecule has 0 bridgehead atoms. The topological polar surface area (TPSA) is 16.4 Å². The van der Waals surface area contributed by atoms with Gasteiger partial charge in [0.05, 0.1) is 0 Å². The molecule has 76 valence electrons. The Morgan fingerprint density at radius 3 is 3.07 bits per heavy atom. The van der Waals surface area contributed by atoms with E-state index in [-0.39, 0.29) is 0 Å². The van der Waals surface area contributed by atoms with Crippen LogP contribution in [0.15, 0.2) is 41.5 Å². The summed E-state index contributed by atoms with van der Waals surface area (Å²) in [5.41, 5.74) is 2.34. The highest BCUT2D eigenvalue weighted by molar-refractivity contribution is 5.82. The minimum Gasteiger partial charge on any atom is -0.461 e. The Hall–Kier alpha value is -1.70. The molecule has 2 heterocycles. The first-order valence-electron chi connectivity index (χ1n) is 5.24. The van der Waals surface area contributed by atoms with E-state index >= 15 is 0 Å². The summed E-state index contributed by atoms with van der Waals surface area (Å²) in [6, 6.07) is 8.24. The molecule has 0 fully saturated rings. The highest BCUT2D eigenvalue weighted by Crippen LogP contribution is 2.30. The zero-order valence-corrected chi connectivity index (χ0v) is 8.57. The standard InChI is InChI=1S/C13H13NO/c1-2-14-8-7-13-11(9-14)10-5-3-4-6-12(10)15-13/h2-6H,1,7-9H2. The number of fused-ring (bicyclic) bond motifs is 3. The van der Waals surface area contributed by atoms with Gasteiger partial charge in [-0.25, -0.2) is 0 Å². The van der Waals surface area contributed by atoms with Gasteiger partial charge in [-0.2, -0.15) is 0 Å². The van der Waals surface area contributed by atoms with Crippen molar-refractivity contribution >= 4 is 11.0 Å². The third kappa shape index (κ3) is 1.25. The summed E-state index contributed by atoms with van der Waals surface area (Å²) in [4.78, 5) is 2.23. The molecular formula is C13H13NO. The fourth-order valence-electron chi connectivity index (χ4n) is 2.21. The smallest absolute Gasteiger partial charge is 0.134 e. The molecule has 3 rings (SSSR count). The number of furan rings is 1. The van der Waals surface area contributed by atoms with E-state index in [1.807, 2.05) is 18.3 Å². The van der Waals surface area contributed by atoms with E-state index < -0.39 is 0 Å². The lowest BCUT2D eigenvalue weighted by Crippen LogP contribution is -2.24. The monoisotopic (exact) mass is 199 g/mol. The van der Waals surface area contributed by atoms with Gasteiger partial charge in [0, 0.05) is 30.5 Å². The van der Waals surface area contributed by atoms with Crippen molar-refractivity contribution in [3.05, 3.63) is 48.4 Å². The number of benzene rings is 1. The number of para-hydroxylation sites is 1. The molecule has 0 aliphatic carbocycles. The van der Waals surface area contributed by atoms with E-state index in [0.717, 1.165) is 30.9 Å². The van der Waals surface area contributed by atoms with Crippen molar-refractivity contribution in [2.75, 3.05) is 6.54 Å². The van der Waals surface area contributed by atoms with Crippen molar-refractivity contribution in [3.63, 3.8) is 0 Å². The summed E-state index contributed by atoms with van der Waals surface area (Å²) < 4.78 is 5.82. The van der Waals surface area contributed by atoms with Gasteiger partial charge in [0.15, 0.2) is 0 Å². The zero-order chi connectivity index (χ0) is 10.3. The summed E-state index contributed by atoms with van der Waals surface area (Å²) in [6.45, 7) is 5.75. The number of nitrogens with zero attached hydrogens (tertiary/aromatic N) is 1. The number of hydrogen-bond donors (Lipinski definition) is 0. The average Bonchev–Trinajstić information content (AvgIpc) is 2.66. The highest BCUT2D eigenvalue weighted by Gasteiger charge is 2.19. The van der Waals surface area contributed by atoms with Crippen molar-refractivity contribution in [1.29, 1.82) is 0 Å². The summed E-state index contributed by atoms with van der Waals surface area (Å²) in [7, 11) is 0. The predicted molar refractivity (Wildman–Crippen MR) is 60.5 cm³/mol. The quantitative estimate of drug-likeness (QED) is 0.702. The Balaban J connectivity index is 2.18. The maximum absolute atomic E-state index is 5.82. The maximum atomic E-state index is 5.82. The molecule has 1 aliphatic heterocycles. The number of hydrogen-bond acceptors (Lipinski definition) is 2. The molecule has 0 radical (unpaired) electrons. The SMILES string of the molecule is C=CN1CCc2oc3ccccc3c2C1. The van der Waals surface area contributed by atoms with E-state index in [4.69, 9.17) is 4.42 Å². The minimum atomic E-state index is 0.926. The lowest BCUT2D eigenvalue weighted by molar-refractivity contribution is 0.332. The van der Waals surface area contributed by atoms with Gasteiger partial charge in [-0.05, 0) is 12.3 Å². The van der Waals surface area contributed by atoms with Crippen molar-refractivity contribution in [2.45, 2.75) is 13.0 Å². The molecule has 0 unspecified atom stereocenters. The van der Waals surface area contributed by atoms with Gasteiger partial charge in [0.25, 0.3) is 0 Å². The van der Waals surface area contributed by atoms with Crippen LogP contribution in [-0.2, 0) is 13.0 Å². The molecule has 2 nitrogen and oxygen atoms in total. The fourth-order valence-corrected chi connectivity index (χ4v) is 2.21. The van der Waals surface area contributed by atoms with E-state index in [1.54, 1.807) is 0 Å². The highest BCUT2D eigenvalue weighted by atomic mass is 16.3. The second kappa shape index (κ2) is 3.16. The predicted octanol–water partition coefficient (Wildman–Crippen LogP) is 2.93. The first-order valence-corrected chi connectivity index (χ1v) is 5.24. The van der Waals surface area contributed by atoms with Crippen LogP contribution in [0.5, 0.6) is 0 Å². The Labute approximate surface area is 88.8 Å². The Kier molecular flexibility index (Phi) is 1.81. The molecule has 0 saturated heterocycles.